The Morgan fingerprint density at radius 2 is 2.17 bits per heavy atom. The van der Waals surface area contributed by atoms with Gasteiger partial charge in [0, 0.05) is 18.8 Å². The van der Waals surface area contributed by atoms with Crippen molar-refractivity contribution in [3.63, 3.8) is 0 Å². The zero-order valence-electron chi connectivity index (χ0n) is 10.1. The quantitative estimate of drug-likeness (QED) is 0.651. The Morgan fingerprint density at radius 3 is 2.78 bits per heavy atom. The molecule has 0 radical (unpaired) electrons. The van der Waals surface area contributed by atoms with E-state index in [1.807, 2.05) is 0 Å². The van der Waals surface area contributed by atoms with Crippen LogP contribution in [0.2, 0.25) is 5.02 Å². The molecule has 18 heavy (non-hydrogen) atoms. The van der Waals surface area contributed by atoms with Crippen molar-refractivity contribution in [2.75, 3.05) is 19.8 Å². The van der Waals surface area contributed by atoms with Crippen LogP contribution < -0.4 is 10.5 Å². The van der Waals surface area contributed by atoms with Crippen molar-refractivity contribution in [1.29, 1.82) is 5.41 Å². The van der Waals surface area contributed by atoms with Gasteiger partial charge in [0.2, 0.25) is 0 Å². The third-order valence-corrected chi connectivity index (χ3v) is 3.37. The predicted octanol–water partition coefficient (Wildman–Crippen LogP) is 2.43. The van der Waals surface area contributed by atoms with Gasteiger partial charge in [-0.2, -0.15) is 0 Å². The Hall–Kier alpha value is -1.26. The zero-order valence-corrected chi connectivity index (χ0v) is 10.9. The van der Waals surface area contributed by atoms with Gasteiger partial charge in [-0.15, -0.1) is 0 Å². The molecular formula is C13H17ClN2O2. The van der Waals surface area contributed by atoms with E-state index >= 15 is 0 Å². The van der Waals surface area contributed by atoms with Crippen molar-refractivity contribution in [3.8, 4) is 5.75 Å². The maximum Gasteiger partial charge on any atom is 0.124 e. The fourth-order valence-corrected chi connectivity index (χ4v) is 2.20. The smallest absolute Gasteiger partial charge is 0.124 e. The van der Waals surface area contributed by atoms with Gasteiger partial charge in [0.15, 0.2) is 0 Å². The topological polar surface area (TPSA) is 68.3 Å². The summed E-state index contributed by atoms with van der Waals surface area (Å²) in [7, 11) is 0. The Balaban J connectivity index is 1.93. The number of benzene rings is 1. The predicted molar refractivity (Wildman–Crippen MR) is 71.5 cm³/mol. The molecule has 0 aliphatic carbocycles. The summed E-state index contributed by atoms with van der Waals surface area (Å²) in [5.41, 5.74) is 5.94. The van der Waals surface area contributed by atoms with Gasteiger partial charge in [-0.25, -0.2) is 0 Å². The fraction of sp³-hybridized carbons (Fsp3) is 0.462. The molecule has 0 spiro atoms. The van der Waals surface area contributed by atoms with Crippen molar-refractivity contribution < 1.29 is 9.47 Å². The largest absolute Gasteiger partial charge is 0.493 e. The van der Waals surface area contributed by atoms with Gasteiger partial charge >= 0.3 is 0 Å². The van der Waals surface area contributed by atoms with E-state index in [2.05, 4.69) is 0 Å². The lowest BCUT2D eigenvalue weighted by molar-refractivity contribution is 0.0497. The summed E-state index contributed by atoms with van der Waals surface area (Å²) in [5.74, 6) is 1.23. The molecule has 5 heteroatoms. The van der Waals surface area contributed by atoms with E-state index in [1.165, 1.54) is 0 Å². The molecule has 3 N–H and O–H groups in total. The number of hydrogen-bond acceptors (Lipinski definition) is 3. The van der Waals surface area contributed by atoms with Crippen LogP contribution in [0.3, 0.4) is 0 Å². The molecule has 1 aromatic rings. The molecule has 0 unspecified atom stereocenters. The van der Waals surface area contributed by atoms with Crippen LogP contribution in [0.25, 0.3) is 0 Å². The Kier molecular flexibility index (Phi) is 4.44. The highest BCUT2D eigenvalue weighted by molar-refractivity contribution is 6.34. The Bertz CT molecular complexity index is 431. The lowest BCUT2D eigenvalue weighted by Crippen LogP contribution is -2.21. The van der Waals surface area contributed by atoms with Crippen LogP contribution in [-0.4, -0.2) is 25.7 Å². The summed E-state index contributed by atoms with van der Waals surface area (Å²) in [6.45, 7) is 2.31. The molecule has 0 amide bonds. The van der Waals surface area contributed by atoms with Gasteiger partial charge in [-0.05, 0) is 37.0 Å². The number of nitrogens with two attached hydrogens (primary N) is 1. The van der Waals surface area contributed by atoms with Crippen molar-refractivity contribution in [2.45, 2.75) is 12.8 Å². The monoisotopic (exact) mass is 268 g/mol. The minimum Gasteiger partial charge on any atom is -0.493 e. The van der Waals surface area contributed by atoms with Crippen LogP contribution in [0.1, 0.15) is 18.4 Å². The first kappa shape index (κ1) is 13.2. The summed E-state index contributed by atoms with van der Waals surface area (Å²) in [6, 6.07) is 5.21. The molecule has 1 aromatic carbocycles. The van der Waals surface area contributed by atoms with Gasteiger partial charge < -0.3 is 15.2 Å². The van der Waals surface area contributed by atoms with Crippen LogP contribution in [0, 0.1) is 11.3 Å². The number of hydrogen-bond donors (Lipinski definition) is 2. The second kappa shape index (κ2) is 6.07. The highest BCUT2D eigenvalue weighted by Crippen LogP contribution is 2.23. The second-order valence-corrected chi connectivity index (χ2v) is 4.83. The van der Waals surface area contributed by atoms with Gasteiger partial charge in [0.25, 0.3) is 0 Å². The van der Waals surface area contributed by atoms with E-state index in [-0.39, 0.29) is 5.84 Å². The van der Waals surface area contributed by atoms with Gasteiger partial charge in [0.05, 0.1) is 11.6 Å². The lowest BCUT2D eigenvalue weighted by atomic mass is 10.0. The minimum absolute atomic E-state index is 0.0315. The van der Waals surface area contributed by atoms with Gasteiger partial charge in [-0.3, -0.25) is 5.41 Å². The van der Waals surface area contributed by atoms with E-state index in [9.17, 15) is 0 Å². The normalized spacial score (nSPS) is 16.5. The molecule has 1 heterocycles. The molecule has 98 valence electrons. The molecule has 1 saturated heterocycles. The van der Waals surface area contributed by atoms with E-state index in [1.54, 1.807) is 18.2 Å². The number of rotatable bonds is 4. The summed E-state index contributed by atoms with van der Waals surface area (Å²) < 4.78 is 11.0. The average molecular weight is 269 g/mol. The van der Waals surface area contributed by atoms with E-state index in [0.717, 1.165) is 31.8 Å². The van der Waals surface area contributed by atoms with Crippen molar-refractivity contribution in [2.24, 2.45) is 11.7 Å². The van der Waals surface area contributed by atoms with Crippen molar-refractivity contribution in [3.05, 3.63) is 28.8 Å². The third-order valence-electron chi connectivity index (χ3n) is 3.06. The van der Waals surface area contributed by atoms with Crippen LogP contribution >= 0.6 is 11.6 Å². The highest BCUT2D eigenvalue weighted by Gasteiger charge is 2.14. The molecule has 1 fully saturated rings. The maximum absolute atomic E-state index is 7.35. The van der Waals surface area contributed by atoms with Crippen LogP contribution in [0.4, 0.5) is 0 Å². The molecule has 0 atom stereocenters. The third kappa shape index (κ3) is 3.37. The summed E-state index contributed by atoms with van der Waals surface area (Å²) >= 11 is 6.03. The molecule has 0 saturated carbocycles. The van der Waals surface area contributed by atoms with Crippen LogP contribution in [0.15, 0.2) is 18.2 Å². The fourth-order valence-electron chi connectivity index (χ4n) is 1.93. The Morgan fingerprint density at radius 1 is 1.44 bits per heavy atom. The van der Waals surface area contributed by atoms with Crippen LogP contribution in [0.5, 0.6) is 5.75 Å². The van der Waals surface area contributed by atoms with E-state index in [0.29, 0.717) is 23.1 Å². The first-order valence-electron chi connectivity index (χ1n) is 6.01. The Labute approximate surface area is 112 Å². The number of halogens is 1. The zero-order chi connectivity index (χ0) is 13.0. The lowest BCUT2D eigenvalue weighted by Gasteiger charge is -2.22. The average Bonchev–Trinajstić information content (AvgIpc) is 2.37. The summed E-state index contributed by atoms with van der Waals surface area (Å²) in [6.07, 6.45) is 2.08. The first-order valence-corrected chi connectivity index (χ1v) is 6.39. The summed E-state index contributed by atoms with van der Waals surface area (Å²) in [4.78, 5) is 0. The van der Waals surface area contributed by atoms with Crippen molar-refractivity contribution in [1.82, 2.24) is 0 Å². The molecule has 1 aliphatic heterocycles. The van der Waals surface area contributed by atoms with E-state index in [4.69, 9.17) is 32.2 Å². The molecular weight excluding hydrogens is 252 g/mol. The number of amidine groups is 1. The maximum atomic E-state index is 7.35. The van der Waals surface area contributed by atoms with E-state index < -0.39 is 0 Å². The number of nitrogen functional groups attached to an aromatic ring is 1. The molecule has 0 aromatic heterocycles. The van der Waals surface area contributed by atoms with Crippen molar-refractivity contribution >= 4 is 17.4 Å². The number of nitrogens with one attached hydrogen (secondary N) is 1. The number of ether oxygens (including phenoxy) is 2. The summed E-state index contributed by atoms with van der Waals surface area (Å²) in [5, 5.41) is 7.80. The minimum atomic E-state index is -0.0315. The standard InChI is InChI=1S/C13H17ClN2O2/c14-12-7-10(1-2-11(12)13(15)16)18-8-9-3-5-17-6-4-9/h1-2,7,9H,3-6,8H2,(H3,15,16). The molecule has 4 nitrogen and oxygen atoms in total. The van der Waals surface area contributed by atoms with Gasteiger partial charge in [-0.1, -0.05) is 11.6 Å². The second-order valence-electron chi connectivity index (χ2n) is 4.42. The van der Waals surface area contributed by atoms with Crippen LogP contribution in [-0.2, 0) is 4.74 Å². The van der Waals surface area contributed by atoms with Gasteiger partial charge in [0.1, 0.15) is 11.6 Å². The molecule has 2 rings (SSSR count). The SMILES string of the molecule is N=C(N)c1ccc(OCC2CCOCC2)cc1Cl. The molecule has 1 aliphatic rings. The molecule has 0 bridgehead atoms. The highest BCUT2D eigenvalue weighted by atomic mass is 35.5. The first-order chi connectivity index (χ1) is 8.66.